The van der Waals surface area contributed by atoms with Gasteiger partial charge in [0.05, 0.1) is 16.8 Å². The van der Waals surface area contributed by atoms with E-state index < -0.39 is 0 Å². The maximum Gasteiger partial charge on any atom is 0.234 e. The Hall–Kier alpha value is -2.84. The molecule has 124 valence electrons. The first-order valence-electron chi connectivity index (χ1n) is 7.86. The van der Waals surface area contributed by atoms with Crippen molar-refractivity contribution in [2.75, 3.05) is 11.1 Å². The molecule has 0 saturated heterocycles. The molecule has 1 heterocycles. The normalized spacial score (nSPS) is 10.4. The standard InChI is InChI=1S/C20H17N3OS/c1-13-4-3-5-17(8-13)22-19(24)12-25-20-16(11-21)10-15-7-6-14(2)9-18(15)23-20/h3-10H,12H2,1-2H3,(H,22,24). The van der Waals surface area contributed by atoms with Gasteiger partial charge in [-0.05, 0) is 49.2 Å². The van der Waals surface area contributed by atoms with Crippen LogP contribution in [0.5, 0.6) is 0 Å². The van der Waals surface area contributed by atoms with Gasteiger partial charge in [-0.15, -0.1) is 0 Å². The van der Waals surface area contributed by atoms with E-state index in [1.165, 1.54) is 11.8 Å². The first-order chi connectivity index (χ1) is 12.0. The van der Waals surface area contributed by atoms with Crippen LogP contribution < -0.4 is 5.32 Å². The lowest BCUT2D eigenvalue weighted by Gasteiger charge is -2.08. The molecular weight excluding hydrogens is 330 g/mol. The molecule has 0 aliphatic heterocycles. The van der Waals surface area contributed by atoms with E-state index in [0.717, 1.165) is 27.7 Å². The molecule has 3 rings (SSSR count). The highest BCUT2D eigenvalue weighted by molar-refractivity contribution is 8.00. The fourth-order valence-electron chi connectivity index (χ4n) is 2.50. The maximum absolute atomic E-state index is 12.2. The molecule has 0 fully saturated rings. The first-order valence-corrected chi connectivity index (χ1v) is 8.84. The summed E-state index contributed by atoms with van der Waals surface area (Å²) >= 11 is 1.28. The molecule has 0 bridgehead atoms. The number of aryl methyl sites for hydroxylation is 2. The smallest absolute Gasteiger partial charge is 0.234 e. The molecule has 0 saturated carbocycles. The summed E-state index contributed by atoms with van der Waals surface area (Å²) in [5, 5.41) is 13.7. The van der Waals surface area contributed by atoms with Gasteiger partial charge in [-0.25, -0.2) is 4.98 Å². The molecule has 0 unspecified atom stereocenters. The molecule has 3 aromatic rings. The second kappa shape index (κ2) is 7.37. The van der Waals surface area contributed by atoms with Crippen molar-refractivity contribution in [2.45, 2.75) is 18.9 Å². The number of carbonyl (C=O) groups excluding carboxylic acids is 1. The summed E-state index contributed by atoms with van der Waals surface area (Å²) in [5.74, 6) is 0.0815. The van der Waals surface area contributed by atoms with Crippen molar-refractivity contribution in [1.29, 1.82) is 5.26 Å². The lowest BCUT2D eigenvalue weighted by atomic mass is 10.1. The number of nitrogens with one attached hydrogen (secondary N) is 1. The SMILES string of the molecule is Cc1cccc(NC(=O)CSc2nc3cc(C)ccc3cc2C#N)c1. The predicted octanol–water partition coefficient (Wildman–Crippen LogP) is 4.45. The van der Waals surface area contributed by atoms with Gasteiger partial charge in [0.2, 0.25) is 5.91 Å². The molecule has 1 aromatic heterocycles. The predicted molar refractivity (Wildman–Crippen MR) is 102 cm³/mol. The van der Waals surface area contributed by atoms with Crippen LogP contribution in [0.4, 0.5) is 5.69 Å². The van der Waals surface area contributed by atoms with Crippen LogP contribution in [-0.2, 0) is 4.79 Å². The van der Waals surface area contributed by atoms with Crippen molar-refractivity contribution in [3.63, 3.8) is 0 Å². The summed E-state index contributed by atoms with van der Waals surface area (Å²) in [6.07, 6.45) is 0. The van der Waals surface area contributed by atoms with E-state index in [1.54, 1.807) is 0 Å². The molecule has 1 N–H and O–H groups in total. The largest absolute Gasteiger partial charge is 0.325 e. The Bertz CT molecular complexity index is 992. The number of nitriles is 1. The van der Waals surface area contributed by atoms with E-state index in [2.05, 4.69) is 16.4 Å². The lowest BCUT2D eigenvalue weighted by Crippen LogP contribution is -2.14. The molecule has 5 heteroatoms. The van der Waals surface area contributed by atoms with Crippen LogP contribution in [-0.4, -0.2) is 16.6 Å². The minimum absolute atomic E-state index is 0.120. The fraction of sp³-hybridized carbons (Fsp3) is 0.150. The van der Waals surface area contributed by atoms with Crippen LogP contribution in [0, 0.1) is 25.2 Å². The average Bonchev–Trinajstić information content (AvgIpc) is 2.59. The Balaban J connectivity index is 1.75. The number of fused-ring (bicyclic) bond motifs is 1. The van der Waals surface area contributed by atoms with Gasteiger partial charge in [-0.1, -0.05) is 36.0 Å². The molecular formula is C20H17N3OS. The lowest BCUT2D eigenvalue weighted by molar-refractivity contribution is -0.113. The summed E-state index contributed by atoms with van der Waals surface area (Å²) in [4.78, 5) is 16.7. The van der Waals surface area contributed by atoms with Gasteiger partial charge in [0.1, 0.15) is 11.1 Å². The van der Waals surface area contributed by atoms with E-state index in [0.29, 0.717) is 10.6 Å². The number of carbonyl (C=O) groups is 1. The zero-order chi connectivity index (χ0) is 17.8. The van der Waals surface area contributed by atoms with Crippen molar-refractivity contribution >= 4 is 34.3 Å². The van der Waals surface area contributed by atoms with Crippen molar-refractivity contribution in [3.8, 4) is 6.07 Å². The second-order valence-electron chi connectivity index (χ2n) is 5.86. The highest BCUT2D eigenvalue weighted by Crippen LogP contribution is 2.25. The number of hydrogen-bond acceptors (Lipinski definition) is 4. The highest BCUT2D eigenvalue weighted by Gasteiger charge is 2.11. The summed E-state index contributed by atoms with van der Waals surface area (Å²) in [7, 11) is 0. The van der Waals surface area contributed by atoms with Gasteiger partial charge in [-0.3, -0.25) is 4.79 Å². The van der Waals surface area contributed by atoms with Gasteiger partial charge in [-0.2, -0.15) is 5.26 Å². The third-order valence-corrected chi connectivity index (χ3v) is 4.69. The van der Waals surface area contributed by atoms with Gasteiger partial charge < -0.3 is 5.32 Å². The molecule has 0 atom stereocenters. The number of aromatic nitrogens is 1. The summed E-state index contributed by atoms with van der Waals surface area (Å²) in [5.41, 5.74) is 4.29. The number of amides is 1. The highest BCUT2D eigenvalue weighted by atomic mass is 32.2. The number of nitrogens with zero attached hydrogens (tertiary/aromatic N) is 2. The summed E-state index contributed by atoms with van der Waals surface area (Å²) < 4.78 is 0. The number of thioether (sulfide) groups is 1. The van der Waals surface area contributed by atoms with Crippen LogP contribution in [0.15, 0.2) is 53.6 Å². The molecule has 1 amide bonds. The monoisotopic (exact) mass is 347 g/mol. The van der Waals surface area contributed by atoms with E-state index in [9.17, 15) is 10.1 Å². The van der Waals surface area contributed by atoms with Gasteiger partial charge >= 0.3 is 0 Å². The van der Waals surface area contributed by atoms with E-state index >= 15 is 0 Å². The Morgan fingerprint density at radius 2 is 1.96 bits per heavy atom. The van der Waals surface area contributed by atoms with Crippen molar-refractivity contribution in [3.05, 3.63) is 65.2 Å². The Labute approximate surface area is 150 Å². The zero-order valence-corrected chi connectivity index (χ0v) is 14.9. The summed E-state index contributed by atoms with van der Waals surface area (Å²) in [6, 6.07) is 17.6. The topological polar surface area (TPSA) is 65.8 Å². The molecule has 4 nitrogen and oxygen atoms in total. The first kappa shape index (κ1) is 17.0. The van der Waals surface area contributed by atoms with Crippen LogP contribution in [0.1, 0.15) is 16.7 Å². The molecule has 25 heavy (non-hydrogen) atoms. The van der Waals surface area contributed by atoms with Crippen LogP contribution in [0.3, 0.4) is 0 Å². The zero-order valence-electron chi connectivity index (χ0n) is 14.0. The van der Waals surface area contributed by atoms with Gasteiger partial charge in [0.25, 0.3) is 0 Å². The number of hydrogen-bond donors (Lipinski definition) is 1. The molecule has 0 radical (unpaired) electrons. The summed E-state index contributed by atoms with van der Waals surface area (Å²) in [6.45, 7) is 3.98. The van der Waals surface area contributed by atoms with Gasteiger partial charge in [0, 0.05) is 11.1 Å². The average molecular weight is 347 g/mol. The van der Waals surface area contributed by atoms with Crippen molar-refractivity contribution < 1.29 is 4.79 Å². The Kier molecular flexibility index (Phi) is 5.01. The minimum Gasteiger partial charge on any atom is -0.325 e. The van der Waals surface area contributed by atoms with Crippen LogP contribution in [0.25, 0.3) is 10.9 Å². The number of anilines is 1. The second-order valence-corrected chi connectivity index (χ2v) is 6.82. The van der Waals surface area contributed by atoms with E-state index in [4.69, 9.17) is 0 Å². The van der Waals surface area contributed by atoms with E-state index in [1.807, 2.05) is 62.4 Å². The molecule has 0 aliphatic rings. The van der Waals surface area contributed by atoms with Crippen LogP contribution in [0.2, 0.25) is 0 Å². The number of rotatable bonds is 4. The molecule has 0 aliphatic carbocycles. The van der Waals surface area contributed by atoms with E-state index in [-0.39, 0.29) is 11.7 Å². The van der Waals surface area contributed by atoms with Crippen LogP contribution >= 0.6 is 11.8 Å². The maximum atomic E-state index is 12.2. The minimum atomic E-state index is -0.120. The van der Waals surface area contributed by atoms with Crippen molar-refractivity contribution in [2.24, 2.45) is 0 Å². The van der Waals surface area contributed by atoms with Crippen molar-refractivity contribution in [1.82, 2.24) is 4.98 Å². The molecule has 0 spiro atoms. The number of pyridine rings is 1. The van der Waals surface area contributed by atoms with Gasteiger partial charge in [0.15, 0.2) is 0 Å². The number of benzene rings is 2. The molecule has 2 aromatic carbocycles. The third kappa shape index (κ3) is 4.17. The Morgan fingerprint density at radius 3 is 2.72 bits per heavy atom. The Morgan fingerprint density at radius 1 is 1.16 bits per heavy atom. The fourth-order valence-corrected chi connectivity index (χ4v) is 3.27. The third-order valence-electron chi connectivity index (χ3n) is 3.70. The quantitative estimate of drug-likeness (QED) is 0.708.